The van der Waals surface area contributed by atoms with E-state index >= 15 is 56.7 Å². The maximum atomic E-state index is 15.9. The number of alkyl halides is 5. The number of halogens is 5. The summed E-state index contributed by atoms with van der Waals surface area (Å²) in [7, 11) is 8.53. The van der Waals surface area contributed by atoms with Crippen molar-refractivity contribution in [3.05, 3.63) is 12.2 Å². The first kappa shape index (κ1) is 88.5. The second-order valence-electron chi connectivity index (χ2n) is 33.8. The van der Waals surface area contributed by atoms with Gasteiger partial charge in [-0.25, -0.2) is 8.78 Å². The predicted molar refractivity (Wildman–Crippen MR) is 399 cm³/mol. The number of carbonyl (C=O) groups is 12. The number of carbonyl (C=O) groups excluding carboxylic acids is 12. The van der Waals surface area contributed by atoms with Crippen LogP contribution in [0.1, 0.15) is 197 Å². The van der Waals surface area contributed by atoms with Crippen molar-refractivity contribution in [2.24, 2.45) is 40.9 Å². The van der Waals surface area contributed by atoms with Crippen molar-refractivity contribution < 1.29 is 89.0 Å². The van der Waals surface area contributed by atoms with Crippen LogP contribution in [-0.2, 0) is 67.0 Å². The van der Waals surface area contributed by atoms with Crippen molar-refractivity contribution in [1.29, 1.82) is 0 Å². The molecule has 2 bridgehead atoms. The summed E-state index contributed by atoms with van der Waals surface area (Å²) in [6, 6.07) is -12.0. The Morgan fingerprint density at radius 2 is 1.32 bits per heavy atom. The number of hydrogen-bond acceptors (Lipinski definition) is 14. The Balaban J connectivity index is 1.23. The molecule has 4 aliphatic carbocycles. The minimum atomic E-state index is -5.18. The quantitative estimate of drug-likeness (QED) is 0.119. The molecule has 12 amide bonds. The fourth-order valence-corrected chi connectivity index (χ4v) is 18.7. The molecule has 2 unspecified atom stereocenters. The zero-order chi connectivity index (χ0) is 81.2. The van der Waals surface area contributed by atoms with Crippen LogP contribution in [0.25, 0.3) is 0 Å². The van der Waals surface area contributed by atoms with Crippen LogP contribution < -0.4 is 16.0 Å². The van der Waals surface area contributed by atoms with Crippen LogP contribution in [0.15, 0.2) is 12.2 Å². The van der Waals surface area contributed by atoms with Gasteiger partial charge in [-0.05, 0) is 139 Å². The summed E-state index contributed by atoms with van der Waals surface area (Å²) >= 11 is 0. The number of nitrogens with one attached hydrogen (secondary N) is 3. The summed E-state index contributed by atoms with van der Waals surface area (Å²) in [4.78, 5) is 196. The minimum absolute atomic E-state index is 0.0195. The Labute approximate surface area is 646 Å². The molecule has 26 nitrogen and oxygen atoms in total. The summed E-state index contributed by atoms with van der Waals surface area (Å²) in [5.41, 5.74) is -2.30. The Bertz CT molecular complexity index is 3300. The fraction of sp³-hybridized carbons (Fsp3) is 0.823. The highest BCUT2D eigenvalue weighted by atomic mass is 19.4. The third-order valence-corrected chi connectivity index (χ3v) is 25.3. The third-order valence-electron chi connectivity index (χ3n) is 25.3. The summed E-state index contributed by atoms with van der Waals surface area (Å²) in [6.07, 6.45) is -3.42. The molecular formula is C79H125F5N12O14. The second kappa shape index (κ2) is 38.2. The number of amides is 12. The number of ether oxygens (including phenoxy) is 2. The first-order chi connectivity index (χ1) is 51.8. The van der Waals surface area contributed by atoms with Crippen LogP contribution >= 0.6 is 0 Å². The molecule has 0 aromatic carbocycles. The molecule has 8 rings (SSSR count). The molecule has 13 atom stereocenters. The topological polar surface area (TPSA) is 289 Å². The van der Waals surface area contributed by atoms with Gasteiger partial charge in [0.05, 0.1) is 25.7 Å². The standard InChI is InChI=1S/C79H125F5N12O14/c1-15-48(6)65-74(106)94-36-24-28-57(94)72(104)91(12)56-27-20-19-23-35-95(73(56)105)60(39-49-31-29-47(5)30-32-49)71(103)89(10)43-62(97)85-55(34-33-50-37-53(80)64(54(81)38-50)79(82,83)84)69(101)96-42-52(110-18-4)40-58(96)68(100)87-78(45-77(7,8)46-78)76(108)93(14)66(51-25-21-22-26-51)75(107)92(13)59(70(102)88(9)16-2)41-63(98)90(11)61(44-109-17-3)67(99)86-65/h19-20,47-61,64-66H,15-18,21-46H2,1-14H3,(H,85,97)(H,86,99)(H,87,100)/b20-19-/t47?,48-,49?,50?,52+,53?,54?,55-,56-,57-,58-,59-,60-,61-,64?,65-,66-/m0/s1. The highest BCUT2D eigenvalue weighted by Gasteiger charge is 2.60. The molecule has 8 aliphatic rings. The lowest BCUT2D eigenvalue weighted by molar-refractivity contribution is -0.219. The van der Waals surface area contributed by atoms with E-state index in [9.17, 15) is 22.8 Å². The molecule has 1 spiro atoms. The van der Waals surface area contributed by atoms with Gasteiger partial charge in [-0.2, -0.15) is 13.2 Å². The molecule has 0 radical (unpaired) electrons. The van der Waals surface area contributed by atoms with Gasteiger partial charge in [-0.15, -0.1) is 0 Å². The van der Waals surface area contributed by atoms with E-state index in [1.165, 1.54) is 71.7 Å². The fourth-order valence-electron chi connectivity index (χ4n) is 18.7. The van der Waals surface area contributed by atoms with Crippen molar-refractivity contribution in [3.63, 3.8) is 0 Å². The highest BCUT2D eigenvalue weighted by molar-refractivity contribution is 6.01. The van der Waals surface area contributed by atoms with E-state index in [1.807, 2.05) is 26.8 Å². The molecule has 3 N–H and O–H groups in total. The maximum absolute atomic E-state index is 15.9. The third kappa shape index (κ3) is 20.7. The van der Waals surface area contributed by atoms with E-state index in [-0.39, 0.29) is 96.9 Å². The van der Waals surface area contributed by atoms with Gasteiger partial charge in [0.1, 0.15) is 78.2 Å². The van der Waals surface area contributed by atoms with Crippen molar-refractivity contribution in [1.82, 2.24) is 60.0 Å². The maximum Gasteiger partial charge on any atom is 0.397 e. The van der Waals surface area contributed by atoms with Crippen LogP contribution in [-0.4, -0.2) is 294 Å². The van der Waals surface area contributed by atoms with Gasteiger partial charge < -0.3 is 69.5 Å². The van der Waals surface area contributed by atoms with E-state index in [0.29, 0.717) is 50.9 Å². The van der Waals surface area contributed by atoms with Crippen LogP contribution in [0.5, 0.6) is 0 Å². The number of nitrogens with zero attached hydrogens (tertiary/aromatic N) is 9. The van der Waals surface area contributed by atoms with Crippen molar-refractivity contribution in [2.45, 2.75) is 281 Å². The molecule has 4 saturated carbocycles. The molecule has 0 aromatic heterocycles. The van der Waals surface area contributed by atoms with Crippen molar-refractivity contribution in [3.8, 4) is 0 Å². The van der Waals surface area contributed by atoms with E-state index < -0.39 is 217 Å². The minimum Gasteiger partial charge on any atom is -0.379 e. The zero-order valence-electron chi connectivity index (χ0n) is 67.4. The van der Waals surface area contributed by atoms with E-state index in [1.54, 1.807) is 33.8 Å². The Hall–Kier alpha value is -7.05. The van der Waals surface area contributed by atoms with Crippen LogP contribution in [0.3, 0.4) is 0 Å². The van der Waals surface area contributed by atoms with Crippen LogP contribution in [0, 0.1) is 40.9 Å². The average Bonchev–Trinajstić information content (AvgIpc) is 0.912. The zero-order valence-corrected chi connectivity index (χ0v) is 67.4. The molecule has 3 saturated heterocycles. The number of hydrogen-bond donors (Lipinski definition) is 3. The van der Waals surface area contributed by atoms with E-state index in [0.717, 1.165) is 40.4 Å². The molecule has 110 heavy (non-hydrogen) atoms. The molecule has 0 aromatic rings. The first-order valence-electron chi connectivity index (χ1n) is 40.4. The van der Waals surface area contributed by atoms with Gasteiger partial charge in [-0.1, -0.05) is 91.7 Å². The Morgan fingerprint density at radius 1 is 0.664 bits per heavy atom. The average molecular weight is 1560 g/mol. The van der Waals surface area contributed by atoms with Crippen LogP contribution in [0.4, 0.5) is 22.0 Å². The SMILES string of the molecule is CCOC[C@H]1C(=O)N[C@@H]([C@@H](C)CC)C(=O)N2CCC[C@H]2C(=O)N(C)[C@H]2C/C=C\CCN(C2=O)[C@@H](CC2CCC(C)CC2)C(=O)N(C)CC(=O)N[C@@H](CCC2CC(F)C(C(F)(F)F)C(F)C2)C(=O)N2C[C@H](OCC)C[C@H]2C(=O)NC2(CC(C)(C)C2)C(=O)N(C)[C@@H](C2CCCC2)C(=O)N(C)[C@H](C(=O)N(C)CC)CC(=O)N1C. The van der Waals surface area contributed by atoms with Gasteiger partial charge in [0.2, 0.25) is 70.9 Å². The second-order valence-corrected chi connectivity index (χ2v) is 33.8. The summed E-state index contributed by atoms with van der Waals surface area (Å²) < 4.78 is 85.2. The monoisotopic (exact) mass is 1560 g/mol. The largest absolute Gasteiger partial charge is 0.397 e. The first-order valence-corrected chi connectivity index (χ1v) is 40.4. The Morgan fingerprint density at radius 3 is 1.92 bits per heavy atom. The molecule has 620 valence electrons. The van der Waals surface area contributed by atoms with E-state index in [4.69, 9.17) is 9.47 Å². The normalized spacial score (nSPS) is 33.1. The lowest BCUT2D eigenvalue weighted by atomic mass is 9.58. The smallest absolute Gasteiger partial charge is 0.379 e. The van der Waals surface area contributed by atoms with E-state index in [2.05, 4.69) is 22.9 Å². The molecule has 4 heterocycles. The van der Waals surface area contributed by atoms with Crippen molar-refractivity contribution >= 4 is 70.9 Å². The molecule has 31 heteroatoms. The molecule has 7 fully saturated rings. The lowest BCUT2D eigenvalue weighted by Gasteiger charge is -2.54. The van der Waals surface area contributed by atoms with Gasteiger partial charge in [0.25, 0.3) is 0 Å². The van der Waals surface area contributed by atoms with Gasteiger partial charge in [0, 0.05) is 88.1 Å². The van der Waals surface area contributed by atoms with Gasteiger partial charge in [0.15, 0.2) is 0 Å². The predicted octanol–water partition coefficient (Wildman–Crippen LogP) is 6.36. The summed E-state index contributed by atoms with van der Waals surface area (Å²) in [5, 5.41) is 8.69. The summed E-state index contributed by atoms with van der Waals surface area (Å²) in [6.45, 7) is 13.8. The molecular weight excluding hydrogens is 1440 g/mol. The van der Waals surface area contributed by atoms with Crippen molar-refractivity contribution in [2.75, 3.05) is 94.8 Å². The lowest BCUT2D eigenvalue weighted by Crippen LogP contribution is -2.71. The molecule has 4 aliphatic heterocycles. The Kier molecular flexibility index (Phi) is 30.7. The number of rotatable bonds is 15. The summed E-state index contributed by atoms with van der Waals surface area (Å²) in [5.74, 6) is -13.1. The van der Waals surface area contributed by atoms with Crippen LogP contribution in [0.2, 0.25) is 0 Å². The highest BCUT2D eigenvalue weighted by Crippen LogP contribution is 2.50. The number of fused-ring (bicyclic) bond motifs is 4. The number of likely N-dealkylation sites (N-methyl/N-ethyl adjacent to an activating group) is 6. The van der Waals surface area contributed by atoms with Gasteiger partial charge in [-0.3, -0.25) is 57.5 Å². The van der Waals surface area contributed by atoms with Gasteiger partial charge >= 0.3 is 6.18 Å².